The minimum Gasteiger partial charge on any atom is -0.465 e. The van der Waals surface area contributed by atoms with Crippen LogP contribution in [-0.4, -0.2) is 19.5 Å². The van der Waals surface area contributed by atoms with Crippen LogP contribution in [0.25, 0.3) is 0 Å². The summed E-state index contributed by atoms with van der Waals surface area (Å²) in [4.78, 5) is 14.5. The van der Waals surface area contributed by atoms with Crippen molar-refractivity contribution in [2.24, 2.45) is 4.99 Å². The SMILES string of the molecule is COC(=O)C1=COC=NC=C1. The smallest absolute Gasteiger partial charge is 0.341 e. The average Bonchev–Trinajstić information content (AvgIpc) is 2.30. The molecule has 0 unspecified atom stereocenters. The zero-order valence-corrected chi connectivity index (χ0v) is 5.98. The molecule has 0 saturated carbocycles. The van der Waals surface area contributed by atoms with Crippen LogP contribution in [0.2, 0.25) is 0 Å². The fourth-order valence-corrected chi connectivity index (χ4v) is 0.571. The first kappa shape index (κ1) is 7.53. The summed E-state index contributed by atoms with van der Waals surface area (Å²) in [5.41, 5.74) is 0.338. The molecule has 0 N–H and O–H groups in total. The maximum absolute atomic E-state index is 10.8. The monoisotopic (exact) mass is 153 g/mol. The van der Waals surface area contributed by atoms with Gasteiger partial charge in [-0.2, -0.15) is 0 Å². The molecule has 0 bridgehead atoms. The summed E-state index contributed by atoms with van der Waals surface area (Å²) in [5, 5.41) is 0. The van der Waals surface area contributed by atoms with Crippen molar-refractivity contribution < 1.29 is 14.3 Å². The van der Waals surface area contributed by atoms with Crippen LogP contribution in [0, 0.1) is 0 Å². The Labute approximate surface area is 63.8 Å². The van der Waals surface area contributed by atoms with Gasteiger partial charge in [0.1, 0.15) is 6.26 Å². The van der Waals surface area contributed by atoms with Gasteiger partial charge in [-0.15, -0.1) is 0 Å². The number of rotatable bonds is 1. The van der Waals surface area contributed by atoms with Crippen molar-refractivity contribution in [1.29, 1.82) is 0 Å². The molecule has 11 heavy (non-hydrogen) atoms. The van der Waals surface area contributed by atoms with E-state index >= 15 is 0 Å². The Hall–Kier alpha value is -1.58. The predicted molar refractivity (Wildman–Crippen MR) is 38.8 cm³/mol. The molecule has 1 aliphatic rings. The van der Waals surface area contributed by atoms with Gasteiger partial charge in [-0.3, -0.25) is 0 Å². The molecule has 1 heterocycles. The highest BCUT2D eigenvalue weighted by atomic mass is 16.5. The highest BCUT2D eigenvalue weighted by molar-refractivity contribution is 5.91. The summed E-state index contributed by atoms with van der Waals surface area (Å²) < 4.78 is 9.16. The van der Waals surface area contributed by atoms with Gasteiger partial charge in [0.05, 0.1) is 12.7 Å². The van der Waals surface area contributed by atoms with E-state index in [1.807, 2.05) is 0 Å². The lowest BCUT2D eigenvalue weighted by Gasteiger charge is -1.95. The number of esters is 1. The topological polar surface area (TPSA) is 47.9 Å². The molecule has 0 atom stereocenters. The van der Waals surface area contributed by atoms with Crippen LogP contribution in [-0.2, 0) is 14.3 Å². The highest BCUT2D eigenvalue weighted by Crippen LogP contribution is 2.02. The summed E-state index contributed by atoms with van der Waals surface area (Å²) in [7, 11) is 1.31. The maximum atomic E-state index is 10.8. The van der Waals surface area contributed by atoms with Crippen molar-refractivity contribution in [3.8, 4) is 0 Å². The molecule has 58 valence electrons. The Balaban J connectivity index is 2.72. The van der Waals surface area contributed by atoms with Crippen LogP contribution >= 0.6 is 0 Å². The second-order valence-corrected chi connectivity index (χ2v) is 1.77. The first-order valence-electron chi connectivity index (χ1n) is 2.96. The standard InChI is InChI=1S/C7H7NO3/c1-10-7(9)6-2-3-8-5-11-4-6/h2-5H,1H3. The van der Waals surface area contributed by atoms with Gasteiger partial charge in [0.15, 0.2) is 6.40 Å². The number of hydrogen-bond acceptors (Lipinski definition) is 4. The van der Waals surface area contributed by atoms with Gasteiger partial charge in [-0.25, -0.2) is 9.79 Å². The first-order chi connectivity index (χ1) is 5.34. The molecule has 0 aromatic carbocycles. The molecule has 1 rings (SSSR count). The normalized spacial score (nSPS) is 14.8. The average molecular weight is 153 g/mol. The summed E-state index contributed by atoms with van der Waals surface area (Å²) in [6.07, 6.45) is 5.47. The molecule has 0 saturated heterocycles. The molecule has 1 aliphatic heterocycles. The lowest BCUT2D eigenvalue weighted by atomic mass is 10.3. The van der Waals surface area contributed by atoms with E-state index in [0.29, 0.717) is 5.57 Å². The molecular weight excluding hydrogens is 146 g/mol. The molecule has 0 fully saturated rings. The molecule has 0 amide bonds. The lowest BCUT2D eigenvalue weighted by molar-refractivity contribution is -0.135. The van der Waals surface area contributed by atoms with E-state index in [4.69, 9.17) is 4.74 Å². The van der Waals surface area contributed by atoms with Crippen molar-refractivity contribution in [3.63, 3.8) is 0 Å². The maximum Gasteiger partial charge on any atom is 0.341 e. The van der Waals surface area contributed by atoms with E-state index in [2.05, 4.69) is 9.73 Å². The fourth-order valence-electron chi connectivity index (χ4n) is 0.571. The van der Waals surface area contributed by atoms with Crippen LogP contribution in [0.15, 0.2) is 29.1 Å². The van der Waals surface area contributed by atoms with Crippen molar-refractivity contribution in [2.45, 2.75) is 0 Å². The van der Waals surface area contributed by atoms with E-state index < -0.39 is 5.97 Å². The second-order valence-electron chi connectivity index (χ2n) is 1.77. The Morgan fingerprint density at radius 2 is 2.55 bits per heavy atom. The summed E-state index contributed by atoms with van der Waals surface area (Å²) in [6.45, 7) is 0. The van der Waals surface area contributed by atoms with Gasteiger partial charge >= 0.3 is 5.97 Å². The summed E-state index contributed by atoms with van der Waals surface area (Å²) in [6, 6.07) is 0. The van der Waals surface area contributed by atoms with Crippen molar-refractivity contribution >= 4 is 12.4 Å². The minimum absolute atomic E-state index is 0.338. The molecule has 0 radical (unpaired) electrons. The van der Waals surface area contributed by atoms with Crippen molar-refractivity contribution in [3.05, 3.63) is 24.1 Å². The van der Waals surface area contributed by atoms with Gasteiger partial charge in [0, 0.05) is 6.20 Å². The van der Waals surface area contributed by atoms with E-state index in [0.717, 1.165) is 0 Å². The van der Waals surface area contributed by atoms with Crippen LogP contribution < -0.4 is 0 Å². The Morgan fingerprint density at radius 3 is 3.27 bits per heavy atom. The van der Waals surface area contributed by atoms with Crippen LogP contribution in [0.3, 0.4) is 0 Å². The van der Waals surface area contributed by atoms with Gasteiger partial charge in [0.2, 0.25) is 0 Å². The van der Waals surface area contributed by atoms with Crippen molar-refractivity contribution in [1.82, 2.24) is 0 Å². The van der Waals surface area contributed by atoms with E-state index in [-0.39, 0.29) is 0 Å². The molecule has 4 heteroatoms. The molecule has 0 spiro atoms. The lowest BCUT2D eigenvalue weighted by Crippen LogP contribution is -2.02. The molecule has 0 aliphatic carbocycles. The van der Waals surface area contributed by atoms with Crippen molar-refractivity contribution in [2.75, 3.05) is 7.11 Å². The predicted octanol–water partition coefficient (Wildman–Crippen LogP) is 0.615. The molecular formula is C7H7NO3. The second kappa shape index (κ2) is 3.55. The number of carbonyl (C=O) groups is 1. The van der Waals surface area contributed by atoms with Crippen LogP contribution in [0.4, 0.5) is 0 Å². The minimum atomic E-state index is -0.438. The Morgan fingerprint density at radius 1 is 1.73 bits per heavy atom. The van der Waals surface area contributed by atoms with Gasteiger partial charge < -0.3 is 9.47 Å². The third-order valence-electron chi connectivity index (χ3n) is 1.08. The molecule has 0 aromatic rings. The van der Waals surface area contributed by atoms with E-state index in [1.165, 1.54) is 32.0 Å². The third-order valence-corrected chi connectivity index (χ3v) is 1.08. The molecule has 0 aromatic heterocycles. The quantitative estimate of drug-likeness (QED) is 0.518. The number of nitrogens with zero attached hydrogens (tertiary/aromatic N) is 1. The zero-order chi connectivity index (χ0) is 8.10. The fraction of sp³-hybridized carbons (Fsp3) is 0.143. The number of methoxy groups -OCH3 is 1. The number of hydrogen-bond donors (Lipinski definition) is 0. The van der Waals surface area contributed by atoms with Gasteiger partial charge in [-0.05, 0) is 6.08 Å². The summed E-state index contributed by atoms with van der Waals surface area (Å²) in [5.74, 6) is -0.438. The number of aliphatic imine (C=N–C) groups is 1. The first-order valence-corrected chi connectivity index (χ1v) is 2.96. The van der Waals surface area contributed by atoms with Gasteiger partial charge in [-0.1, -0.05) is 0 Å². The van der Waals surface area contributed by atoms with E-state index in [9.17, 15) is 4.79 Å². The Bertz CT molecular complexity index is 240. The van der Waals surface area contributed by atoms with Gasteiger partial charge in [0.25, 0.3) is 0 Å². The zero-order valence-electron chi connectivity index (χ0n) is 5.98. The van der Waals surface area contributed by atoms with Crippen LogP contribution in [0.5, 0.6) is 0 Å². The largest absolute Gasteiger partial charge is 0.465 e. The summed E-state index contributed by atoms with van der Waals surface area (Å²) >= 11 is 0. The van der Waals surface area contributed by atoms with Crippen LogP contribution in [0.1, 0.15) is 0 Å². The number of ether oxygens (including phenoxy) is 2. The molecule has 4 nitrogen and oxygen atoms in total. The van der Waals surface area contributed by atoms with E-state index in [1.54, 1.807) is 0 Å². The highest BCUT2D eigenvalue weighted by Gasteiger charge is 2.06. The number of carbonyl (C=O) groups excluding carboxylic acids is 1. The third kappa shape index (κ3) is 1.93. The Kier molecular flexibility index (Phi) is 2.43.